The average Bonchev–Trinajstić information content (AvgIpc) is 2.46. The number of hydrogen-bond acceptors (Lipinski definition) is 5. The molecule has 1 aromatic rings. The summed E-state index contributed by atoms with van der Waals surface area (Å²) < 4.78 is 9.83. The van der Waals surface area contributed by atoms with Crippen molar-refractivity contribution in [3.05, 3.63) is 28.2 Å². The van der Waals surface area contributed by atoms with E-state index in [2.05, 4.69) is 10.6 Å². The van der Waals surface area contributed by atoms with Crippen molar-refractivity contribution < 1.29 is 23.9 Å². The van der Waals surface area contributed by atoms with Crippen molar-refractivity contribution in [3.8, 4) is 0 Å². The Hall–Kier alpha value is -1.99. The highest BCUT2D eigenvalue weighted by Gasteiger charge is 2.16. The van der Waals surface area contributed by atoms with Crippen LogP contribution in [0, 0.1) is 0 Å². The quantitative estimate of drug-likeness (QED) is 0.725. The third kappa shape index (κ3) is 9.16. The highest BCUT2D eigenvalue weighted by molar-refractivity contribution is 6.36. The summed E-state index contributed by atoms with van der Waals surface area (Å²) in [6.45, 7) is 4.76. The van der Waals surface area contributed by atoms with Gasteiger partial charge in [0.25, 0.3) is 5.91 Å². The van der Waals surface area contributed by atoms with Crippen LogP contribution in [0.15, 0.2) is 18.2 Å². The van der Waals surface area contributed by atoms with Crippen molar-refractivity contribution in [1.82, 2.24) is 5.32 Å². The van der Waals surface area contributed by atoms with E-state index in [4.69, 9.17) is 32.7 Å². The topological polar surface area (TPSA) is 93.7 Å². The number of ether oxygens (including phenoxy) is 2. The minimum absolute atomic E-state index is 0.0401. The molecule has 0 heterocycles. The summed E-state index contributed by atoms with van der Waals surface area (Å²) in [6.07, 6.45) is -0.718. The first-order valence-corrected chi connectivity index (χ1v) is 8.20. The Morgan fingerprint density at radius 2 is 1.84 bits per heavy atom. The molecule has 0 aliphatic rings. The lowest BCUT2D eigenvalue weighted by atomic mass is 10.2. The van der Waals surface area contributed by atoms with E-state index in [0.29, 0.717) is 10.7 Å². The Morgan fingerprint density at radius 3 is 2.44 bits per heavy atom. The van der Waals surface area contributed by atoms with E-state index >= 15 is 0 Å². The molecule has 0 aliphatic carbocycles. The Balaban J connectivity index is 2.27. The largest absolute Gasteiger partial charge is 0.456 e. The molecule has 7 nitrogen and oxygen atoms in total. The van der Waals surface area contributed by atoms with E-state index in [0.717, 1.165) is 0 Å². The van der Waals surface area contributed by atoms with Gasteiger partial charge in [-0.15, -0.1) is 0 Å². The fraction of sp³-hybridized carbons (Fsp3) is 0.438. The van der Waals surface area contributed by atoms with E-state index in [1.165, 1.54) is 12.1 Å². The molecule has 0 spiro atoms. The number of benzene rings is 1. The normalized spacial score (nSPS) is 10.8. The second kappa shape index (κ2) is 9.48. The smallest absolute Gasteiger partial charge is 0.407 e. The fourth-order valence-corrected chi connectivity index (χ4v) is 2.03. The second-order valence-corrected chi connectivity index (χ2v) is 6.86. The zero-order valence-corrected chi connectivity index (χ0v) is 15.7. The van der Waals surface area contributed by atoms with Gasteiger partial charge in [0.05, 0.1) is 17.1 Å². The summed E-state index contributed by atoms with van der Waals surface area (Å²) in [5.41, 5.74) is -0.260. The molecular weight excluding hydrogens is 371 g/mol. The van der Waals surface area contributed by atoms with Crippen molar-refractivity contribution in [2.45, 2.75) is 32.8 Å². The van der Waals surface area contributed by atoms with Gasteiger partial charge in [0.1, 0.15) is 5.60 Å². The maximum atomic E-state index is 11.7. The van der Waals surface area contributed by atoms with E-state index in [1.54, 1.807) is 26.8 Å². The number of carbonyl (C=O) groups is 3. The standard InChI is InChI=1S/C16H20Cl2N2O5/c1-16(2,3)25-15(23)19-7-6-14(22)24-9-13(21)20-12-5-4-10(17)8-11(12)18/h4-5,8H,6-7,9H2,1-3H3,(H,19,23)(H,20,21). The van der Waals surface area contributed by atoms with Gasteiger partial charge in [-0.1, -0.05) is 23.2 Å². The number of alkyl carbamates (subject to hydrolysis) is 1. The molecule has 0 saturated carbocycles. The monoisotopic (exact) mass is 390 g/mol. The van der Waals surface area contributed by atoms with Crippen molar-refractivity contribution >= 4 is 46.9 Å². The molecular formula is C16H20Cl2N2O5. The molecule has 2 amide bonds. The number of esters is 1. The highest BCUT2D eigenvalue weighted by Crippen LogP contribution is 2.25. The lowest BCUT2D eigenvalue weighted by Gasteiger charge is -2.19. The number of rotatable bonds is 6. The lowest BCUT2D eigenvalue weighted by molar-refractivity contribution is -0.147. The second-order valence-electron chi connectivity index (χ2n) is 6.01. The van der Waals surface area contributed by atoms with Gasteiger partial charge in [0.2, 0.25) is 0 Å². The summed E-state index contributed by atoms with van der Waals surface area (Å²) in [4.78, 5) is 34.7. The summed E-state index contributed by atoms with van der Waals surface area (Å²) in [5.74, 6) is -1.17. The number of halogens is 2. The molecule has 1 rings (SSSR count). The molecule has 0 unspecified atom stereocenters. The number of amides is 2. The maximum Gasteiger partial charge on any atom is 0.407 e. The number of carbonyl (C=O) groups excluding carboxylic acids is 3. The zero-order chi connectivity index (χ0) is 19.0. The van der Waals surface area contributed by atoms with E-state index in [9.17, 15) is 14.4 Å². The molecule has 138 valence electrons. The van der Waals surface area contributed by atoms with E-state index in [1.807, 2.05) is 0 Å². The van der Waals surface area contributed by atoms with Crippen LogP contribution in [-0.2, 0) is 19.1 Å². The molecule has 1 aromatic carbocycles. The van der Waals surface area contributed by atoms with Gasteiger partial charge in [-0.25, -0.2) is 4.79 Å². The van der Waals surface area contributed by atoms with Crippen LogP contribution in [0.3, 0.4) is 0 Å². The highest BCUT2D eigenvalue weighted by atomic mass is 35.5. The third-order valence-corrected chi connectivity index (χ3v) is 3.11. The van der Waals surface area contributed by atoms with Gasteiger partial charge in [-0.05, 0) is 39.0 Å². The molecule has 0 atom stereocenters. The number of nitrogens with one attached hydrogen (secondary N) is 2. The van der Waals surface area contributed by atoms with E-state index < -0.39 is 30.2 Å². The third-order valence-electron chi connectivity index (χ3n) is 2.57. The first-order valence-electron chi connectivity index (χ1n) is 7.44. The van der Waals surface area contributed by atoms with Gasteiger partial charge in [0, 0.05) is 11.6 Å². The minimum Gasteiger partial charge on any atom is -0.456 e. The Bertz CT molecular complexity index is 644. The SMILES string of the molecule is CC(C)(C)OC(=O)NCCC(=O)OCC(=O)Nc1ccc(Cl)cc1Cl. The number of anilines is 1. The first kappa shape index (κ1) is 21.1. The van der Waals surface area contributed by atoms with Gasteiger partial charge in [0.15, 0.2) is 6.61 Å². The van der Waals surface area contributed by atoms with Crippen LogP contribution >= 0.6 is 23.2 Å². The Labute approximate surface area is 155 Å². The van der Waals surface area contributed by atoms with Gasteiger partial charge in [-0.3, -0.25) is 9.59 Å². The minimum atomic E-state index is -0.631. The molecule has 0 saturated heterocycles. The average molecular weight is 391 g/mol. The van der Waals surface area contributed by atoms with Gasteiger partial charge >= 0.3 is 12.1 Å². The van der Waals surface area contributed by atoms with Crippen LogP contribution in [0.2, 0.25) is 10.0 Å². The summed E-state index contributed by atoms with van der Waals surface area (Å²) in [6, 6.07) is 4.58. The predicted molar refractivity (Wildman–Crippen MR) is 94.9 cm³/mol. The summed E-state index contributed by atoms with van der Waals surface area (Å²) in [5, 5.41) is 5.62. The Kier molecular flexibility index (Phi) is 7.99. The first-order chi connectivity index (χ1) is 11.6. The van der Waals surface area contributed by atoms with Crippen LogP contribution in [0.5, 0.6) is 0 Å². The molecule has 9 heteroatoms. The maximum absolute atomic E-state index is 11.7. The molecule has 25 heavy (non-hydrogen) atoms. The lowest BCUT2D eigenvalue weighted by Crippen LogP contribution is -2.34. The zero-order valence-electron chi connectivity index (χ0n) is 14.2. The predicted octanol–water partition coefficient (Wildman–Crippen LogP) is 3.39. The number of hydrogen-bond donors (Lipinski definition) is 2. The van der Waals surface area contributed by atoms with Crippen LogP contribution < -0.4 is 10.6 Å². The van der Waals surface area contributed by atoms with Crippen molar-refractivity contribution in [2.75, 3.05) is 18.5 Å². The van der Waals surface area contributed by atoms with Gasteiger partial charge < -0.3 is 20.1 Å². The molecule has 2 N–H and O–H groups in total. The van der Waals surface area contributed by atoms with E-state index in [-0.39, 0.29) is 18.0 Å². The fourth-order valence-electron chi connectivity index (χ4n) is 1.58. The summed E-state index contributed by atoms with van der Waals surface area (Å²) >= 11 is 11.7. The Morgan fingerprint density at radius 1 is 1.16 bits per heavy atom. The van der Waals surface area contributed by atoms with Crippen molar-refractivity contribution in [3.63, 3.8) is 0 Å². The molecule has 0 bridgehead atoms. The van der Waals surface area contributed by atoms with Crippen LogP contribution in [0.25, 0.3) is 0 Å². The van der Waals surface area contributed by atoms with Crippen LogP contribution in [-0.4, -0.2) is 36.7 Å². The molecule has 0 radical (unpaired) electrons. The summed E-state index contributed by atoms with van der Waals surface area (Å²) in [7, 11) is 0. The van der Waals surface area contributed by atoms with Crippen molar-refractivity contribution in [1.29, 1.82) is 0 Å². The van der Waals surface area contributed by atoms with Gasteiger partial charge in [-0.2, -0.15) is 0 Å². The van der Waals surface area contributed by atoms with Crippen molar-refractivity contribution in [2.24, 2.45) is 0 Å². The molecule has 0 aromatic heterocycles. The molecule has 0 fully saturated rings. The van der Waals surface area contributed by atoms with Crippen LogP contribution in [0.1, 0.15) is 27.2 Å². The van der Waals surface area contributed by atoms with Crippen LogP contribution in [0.4, 0.5) is 10.5 Å². The molecule has 0 aliphatic heterocycles.